The van der Waals surface area contributed by atoms with E-state index in [1.54, 1.807) is 25.1 Å². The molecular weight excluding hydrogens is 291 g/mol. The van der Waals surface area contributed by atoms with Gasteiger partial charge in [-0.05, 0) is 18.6 Å². The number of urea groups is 1. The molecule has 0 saturated heterocycles. The highest BCUT2D eigenvalue weighted by Gasteiger charge is 2.12. The summed E-state index contributed by atoms with van der Waals surface area (Å²) in [7, 11) is 0. The zero-order chi connectivity index (χ0) is 14.4. The van der Waals surface area contributed by atoms with E-state index in [1.807, 2.05) is 0 Å². The third-order valence-electron chi connectivity index (χ3n) is 2.49. The summed E-state index contributed by atoms with van der Waals surface area (Å²) < 4.78 is 0. The minimum Gasteiger partial charge on any atom is -0.481 e. The fourth-order valence-electron chi connectivity index (χ4n) is 1.30. The highest BCUT2D eigenvalue weighted by atomic mass is 35.5. The Bertz CT molecular complexity index is 460. The zero-order valence-corrected chi connectivity index (χ0v) is 11.8. The Balaban J connectivity index is 2.46. The maximum absolute atomic E-state index is 11.6. The molecule has 3 N–H and O–H groups in total. The molecular formula is C12H14Cl2N2O3. The van der Waals surface area contributed by atoms with Gasteiger partial charge in [-0.15, -0.1) is 0 Å². The number of anilines is 1. The van der Waals surface area contributed by atoms with Crippen LogP contribution >= 0.6 is 23.2 Å². The summed E-state index contributed by atoms with van der Waals surface area (Å²) in [6.45, 7) is 1.83. The van der Waals surface area contributed by atoms with Gasteiger partial charge in [0, 0.05) is 6.54 Å². The molecule has 1 rings (SSSR count). The number of nitrogens with one attached hydrogen (secondary N) is 2. The van der Waals surface area contributed by atoms with Crippen LogP contribution in [0, 0.1) is 5.92 Å². The number of carboxylic acid groups (broad SMARTS) is 1. The number of carboxylic acids is 1. The molecule has 0 aromatic heterocycles. The van der Waals surface area contributed by atoms with Gasteiger partial charge in [-0.3, -0.25) is 4.79 Å². The van der Waals surface area contributed by atoms with Crippen molar-refractivity contribution < 1.29 is 14.7 Å². The second-order valence-electron chi connectivity index (χ2n) is 4.01. The van der Waals surface area contributed by atoms with Gasteiger partial charge in [-0.25, -0.2) is 4.79 Å². The fraction of sp³-hybridized carbons (Fsp3) is 0.333. The maximum atomic E-state index is 11.6. The largest absolute Gasteiger partial charge is 0.481 e. The van der Waals surface area contributed by atoms with Crippen LogP contribution in [-0.4, -0.2) is 23.7 Å². The number of hydrogen-bond donors (Lipinski definition) is 3. The van der Waals surface area contributed by atoms with Crippen LogP contribution < -0.4 is 10.6 Å². The van der Waals surface area contributed by atoms with Crippen LogP contribution in [0.5, 0.6) is 0 Å². The van der Waals surface area contributed by atoms with Crippen molar-refractivity contribution in [3.8, 4) is 0 Å². The predicted octanol–water partition coefficient (Wildman–Crippen LogP) is 3.23. The normalized spacial score (nSPS) is 11.7. The summed E-state index contributed by atoms with van der Waals surface area (Å²) in [6, 6.07) is 4.40. The smallest absolute Gasteiger partial charge is 0.319 e. The van der Waals surface area contributed by atoms with E-state index in [1.165, 1.54) is 0 Å². The quantitative estimate of drug-likeness (QED) is 0.781. The zero-order valence-electron chi connectivity index (χ0n) is 10.2. The van der Waals surface area contributed by atoms with Gasteiger partial charge in [-0.1, -0.05) is 36.2 Å². The Labute approximate surface area is 120 Å². The molecule has 1 unspecified atom stereocenters. The van der Waals surface area contributed by atoms with E-state index in [4.69, 9.17) is 28.3 Å². The number of rotatable bonds is 5. The number of carbonyl (C=O) groups is 2. The Hall–Kier alpha value is -1.46. The Morgan fingerprint density at radius 2 is 1.89 bits per heavy atom. The van der Waals surface area contributed by atoms with Crippen LogP contribution in [0.2, 0.25) is 10.0 Å². The lowest BCUT2D eigenvalue weighted by atomic mass is 10.1. The fourth-order valence-corrected chi connectivity index (χ4v) is 1.79. The first-order valence-corrected chi connectivity index (χ1v) is 6.39. The number of benzene rings is 1. The molecule has 1 aromatic rings. The lowest BCUT2D eigenvalue weighted by Crippen LogP contribution is -2.31. The summed E-state index contributed by atoms with van der Waals surface area (Å²) in [5.41, 5.74) is 0.328. The molecule has 0 bridgehead atoms. The summed E-state index contributed by atoms with van der Waals surface area (Å²) in [6.07, 6.45) is 0.346. The van der Waals surface area contributed by atoms with Crippen LogP contribution in [0.15, 0.2) is 18.2 Å². The van der Waals surface area contributed by atoms with Gasteiger partial charge in [-0.2, -0.15) is 0 Å². The number of aliphatic carboxylic acids is 1. The molecule has 1 aromatic carbocycles. The van der Waals surface area contributed by atoms with Gasteiger partial charge >= 0.3 is 12.0 Å². The number of carbonyl (C=O) groups excluding carboxylic acids is 1. The van der Waals surface area contributed by atoms with E-state index in [2.05, 4.69) is 10.6 Å². The lowest BCUT2D eigenvalue weighted by molar-refractivity contribution is -0.141. The molecule has 2 amide bonds. The van der Waals surface area contributed by atoms with Crippen molar-refractivity contribution in [3.05, 3.63) is 28.2 Å². The molecule has 0 spiro atoms. The highest BCUT2D eigenvalue weighted by molar-refractivity contribution is 6.39. The first kappa shape index (κ1) is 15.6. The van der Waals surface area contributed by atoms with Crippen molar-refractivity contribution in [2.45, 2.75) is 13.3 Å². The summed E-state index contributed by atoms with van der Waals surface area (Å²) in [5.74, 6) is -1.40. The standard InChI is InChI=1S/C12H14Cl2N2O3/c1-7(11(17)18)5-6-15-12(19)16-10-8(13)3-2-4-9(10)14/h2-4,7H,5-6H2,1H3,(H,17,18)(H2,15,16,19). The number of para-hydroxylation sites is 1. The van der Waals surface area contributed by atoms with Gasteiger partial charge in [0.2, 0.25) is 0 Å². The molecule has 104 valence electrons. The number of halogens is 2. The summed E-state index contributed by atoms with van der Waals surface area (Å²) >= 11 is 11.8. The van der Waals surface area contributed by atoms with E-state index in [9.17, 15) is 9.59 Å². The van der Waals surface area contributed by atoms with Crippen molar-refractivity contribution in [3.63, 3.8) is 0 Å². The topological polar surface area (TPSA) is 78.4 Å². The third-order valence-corrected chi connectivity index (χ3v) is 3.12. The molecule has 1 atom stereocenters. The SMILES string of the molecule is CC(CCNC(=O)Nc1c(Cl)cccc1Cl)C(=O)O. The molecule has 0 saturated carbocycles. The van der Waals surface area contributed by atoms with E-state index in [-0.39, 0.29) is 6.54 Å². The molecule has 0 fully saturated rings. The first-order valence-electron chi connectivity index (χ1n) is 5.63. The van der Waals surface area contributed by atoms with Gasteiger partial charge in [0.25, 0.3) is 0 Å². The number of hydrogen-bond acceptors (Lipinski definition) is 2. The van der Waals surface area contributed by atoms with E-state index in [0.29, 0.717) is 22.2 Å². The summed E-state index contributed by atoms with van der Waals surface area (Å²) in [4.78, 5) is 22.2. The molecule has 0 heterocycles. The monoisotopic (exact) mass is 304 g/mol. The molecule has 0 radical (unpaired) electrons. The van der Waals surface area contributed by atoms with Gasteiger partial charge in [0.05, 0.1) is 21.7 Å². The minimum atomic E-state index is -0.892. The highest BCUT2D eigenvalue weighted by Crippen LogP contribution is 2.29. The molecule has 7 heteroatoms. The predicted molar refractivity (Wildman–Crippen MR) is 74.9 cm³/mol. The molecule has 0 aliphatic heterocycles. The van der Waals surface area contributed by atoms with Crippen molar-refractivity contribution in [2.24, 2.45) is 5.92 Å². The van der Waals surface area contributed by atoms with Gasteiger partial charge in [0.15, 0.2) is 0 Å². The molecule has 0 aliphatic rings. The number of amides is 2. The second kappa shape index (κ2) is 7.21. The second-order valence-corrected chi connectivity index (χ2v) is 4.82. The first-order chi connectivity index (χ1) is 8.91. The molecule has 5 nitrogen and oxygen atoms in total. The van der Waals surface area contributed by atoms with Crippen LogP contribution in [0.25, 0.3) is 0 Å². The van der Waals surface area contributed by atoms with Crippen LogP contribution in [0.4, 0.5) is 10.5 Å². The van der Waals surface area contributed by atoms with Crippen molar-refractivity contribution in [2.75, 3.05) is 11.9 Å². The van der Waals surface area contributed by atoms with E-state index >= 15 is 0 Å². The third kappa shape index (κ3) is 4.96. The van der Waals surface area contributed by atoms with Crippen molar-refractivity contribution in [1.29, 1.82) is 0 Å². The van der Waals surface area contributed by atoms with Gasteiger partial charge in [0.1, 0.15) is 0 Å². The lowest BCUT2D eigenvalue weighted by Gasteiger charge is -2.11. The maximum Gasteiger partial charge on any atom is 0.319 e. The van der Waals surface area contributed by atoms with Gasteiger partial charge < -0.3 is 15.7 Å². The summed E-state index contributed by atoms with van der Waals surface area (Å²) in [5, 5.41) is 14.4. The van der Waals surface area contributed by atoms with Crippen LogP contribution in [-0.2, 0) is 4.79 Å². The minimum absolute atomic E-state index is 0.251. The molecule has 19 heavy (non-hydrogen) atoms. The van der Waals surface area contributed by atoms with Crippen molar-refractivity contribution in [1.82, 2.24) is 5.32 Å². The molecule has 0 aliphatic carbocycles. The van der Waals surface area contributed by atoms with Crippen LogP contribution in [0.3, 0.4) is 0 Å². The van der Waals surface area contributed by atoms with Crippen LogP contribution in [0.1, 0.15) is 13.3 Å². The average molecular weight is 305 g/mol. The van der Waals surface area contributed by atoms with E-state index in [0.717, 1.165) is 0 Å². The van der Waals surface area contributed by atoms with Crippen molar-refractivity contribution >= 4 is 40.9 Å². The Morgan fingerprint density at radius 1 is 1.32 bits per heavy atom. The Kier molecular flexibility index (Phi) is 5.92. The average Bonchev–Trinajstić information content (AvgIpc) is 2.33. The van der Waals surface area contributed by atoms with E-state index < -0.39 is 17.9 Å². The Morgan fingerprint density at radius 3 is 2.42 bits per heavy atom.